The van der Waals surface area contributed by atoms with Gasteiger partial charge in [-0.05, 0) is 54.0 Å². The highest BCUT2D eigenvalue weighted by Crippen LogP contribution is 2.36. The van der Waals surface area contributed by atoms with Crippen LogP contribution in [0.4, 0.5) is 8.78 Å². The average Bonchev–Trinajstić information content (AvgIpc) is 2.72. The van der Waals surface area contributed by atoms with E-state index in [0.29, 0.717) is 11.0 Å². The molecule has 1 nitrogen and oxygen atoms in total. The van der Waals surface area contributed by atoms with E-state index >= 15 is 0 Å². The van der Waals surface area contributed by atoms with Crippen molar-refractivity contribution in [3.05, 3.63) is 54.1 Å². The van der Waals surface area contributed by atoms with Crippen molar-refractivity contribution in [3.63, 3.8) is 0 Å². The number of halogens is 4. The van der Waals surface area contributed by atoms with E-state index in [1.165, 1.54) is 23.5 Å². The van der Waals surface area contributed by atoms with Crippen LogP contribution in [0.2, 0.25) is 0 Å². The highest BCUT2D eigenvalue weighted by atomic mass is 79.9. The fraction of sp³-hybridized carbons (Fsp3) is 0.333. The molecule has 0 saturated carbocycles. The summed E-state index contributed by atoms with van der Waals surface area (Å²) in [4.78, 5) is 1.99. The first kappa shape index (κ1) is 17.1. The fourth-order valence-corrected chi connectivity index (χ4v) is 4.14. The lowest BCUT2D eigenvalue weighted by atomic mass is 10.0. The minimum atomic E-state index is -0.544. The number of rotatable bonds is 5. The Morgan fingerprint density at radius 1 is 1.19 bits per heavy atom. The molecule has 1 unspecified atom stereocenters. The third-order valence-corrected chi connectivity index (χ3v) is 5.75. The summed E-state index contributed by atoms with van der Waals surface area (Å²) in [5, 5.41) is 3.24. The van der Waals surface area contributed by atoms with Crippen LogP contribution < -0.4 is 5.32 Å². The number of thiophene rings is 1. The van der Waals surface area contributed by atoms with Gasteiger partial charge in [0.05, 0.1) is 6.04 Å². The molecule has 0 bridgehead atoms. The maximum atomic E-state index is 14.3. The second kappa shape index (κ2) is 7.31. The standard InChI is InChI=1S/C15H15Br2F2NS/c1-3-4-20-15(13-7-10(17)8(2)21-13)14-11(18)5-9(16)6-12(14)19/h5-7,15,20H,3-4H2,1-2H3. The van der Waals surface area contributed by atoms with Gasteiger partial charge >= 0.3 is 0 Å². The Labute approximate surface area is 144 Å². The summed E-state index contributed by atoms with van der Waals surface area (Å²) >= 11 is 8.11. The summed E-state index contributed by atoms with van der Waals surface area (Å²) in [6.07, 6.45) is 0.891. The van der Waals surface area contributed by atoms with E-state index in [1.54, 1.807) is 0 Å². The smallest absolute Gasteiger partial charge is 0.132 e. The Morgan fingerprint density at radius 3 is 2.29 bits per heavy atom. The minimum Gasteiger partial charge on any atom is -0.305 e. The van der Waals surface area contributed by atoms with Crippen LogP contribution >= 0.6 is 43.2 Å². The van der Waals surface area contributed by atoms with E-state index in [2.05, 4.69) is 37.2 Å². The lowest BCUT2D eigenvalue weighted by Gasteiger charge is -2.19. The molecule has 1 N–H and O–H groups in total. The molecule has 0 amide bonds. The van der Waals surface area contributed by atoms with Gasteiger partial charge < -0.3 is 5.32 Å². The number of nitrogens with one attached hydrogen (secondary N) is 1. The van der Waals surface area contributed by atoms with Gasteiger partial charge in [0.1, 0.15) is 11.6 Å². The van der Waals surface area contributed by atoms with Crippen molar-refractivity contribution in [2.75, 3.05) is 6.54 Å². The van der Waals surface area contributed by atoms with Crippen LogP contribution in [-0.4, -0.2) is 6.54 Å². The molecule has 0 spiro atoms. The molecule has 0 aliphatic heterocycles. The lowest BCUT2D eigenvalue weighted by molar-refractivity contribution is 0.505. The van der Waals surface area contributed by atoms with E-state index in [1.807, 2.05) is 19.9 Å². The molecular formula is C15H15Br2F2NS. The van der Waals surface area contributed by atoms with Crippen LogP contribution in [0, 0.1) is 18.6 Å². The molecular weight excluding hydrogens is 424 g/mol. The molecule has 1 heterocycles. The average molecular weight is 439 g/mol. The summed E-state index contributed by atoms with van der Waals surface area (Å²) in [6.45, 7) is 4.69. The molecule has 0 aliphatic carbocycles. The summed E-state index contributed by atoms with van der Waals surface area (Å²) in [5.41, 5.74) is 0.0698. The number of aryl methyl sites for hydroxylation is 1. The second-order valence-corrected chi connectivity index (χ2v) is 7.78. The summed E-state index contributed by atoms with van der Waals surface area (Å²) in [5.74, 6) is -1.09. The van der Waals surface area contributed by atoms with Crippen LogP contribution in [0.25, 0.3) is 0 Å². The molecule has 0 radical (unpaired) electrons. The maximum absolute atomic E-state index is 14.3. The van der Waals surface area contributed by atoms with E-state index in [9.17, 15) is 8.78 Å². The lowest BCUT2D eigenvalue weighted by Crippen LogP contribution is -2.24. The zero-order valence-corrected chi connectivity index (χ0v) is 15.6. The zero-order chi connectivity index (χ0) is 15.6. The van der Waals surface area contributed by atoms with Crippen molar-refractivity contribution >= 4 is 43.2 Å². The molecule has 114 valence electrons. The van der Waals surface area contributed by atoms with Gasteiger partial charge in [-0.2, -0.15) is 0 Å². The maximum Gasteiger partial charge on any atom is 0.132 e. The van der Waals surface area contributed by atoms with Crippen molar-refractivity contribution in [1.29, 1.82) is 0 Å². The molecule has 0 aliphatic rings. The topological polar surface area (TPSA) is 12.0 Å². The molecule has 0 saturated heterocycles. The van der Waals surface area contributed by atoms with Crippen LogP contribution in [0.1, 0.15) is 34.7 Å². The molecule has 2 rings (SSSR count). The Balaban J connectivity index is 2.50. The van der Waals surface area contributed by atoms with Crippen LogP contribution in [0.15, 0.2) is 27.1 Å². The van der Waals surface area contributed by atoms with Gasteiger partial charge in [0, 0.05) is 24.3 Å². The first-order valence-electron chi connectivity index (χ1n) is 6.57. The normalized spacial score (nSPS) is 12.7. The Hall–Kier alpha value is -0.300. The molecule has 21 heavy (non-hydrogen) atoms. The second-order valence-electron chi connectivity index (χ2n) is 4.72. The van der Waals surface area contributed by atoms with Gasteiger partial charge in [-0.25, -0.2) is 8.78 Å². The largest absolute Gasteiger partial charge is 0.305 e. The Morgan fingerprint density at radius 2 is 1.81 bits per heavy atom. The van der Waals surface area contributed by atoms with E-state index < -0.39 is 17.7 Å². The molecule has 0 fully saturated rings. The van der Waals surface area contributed by atoms with Crippen LogP contribution in [0.5, 0.6) is 0 Å². The SMILES string of the molecule is CCCNC(c1cc(Br)c(C)s1)c1c(F)cc(Br)cc1F. The van der Waals surface area contributed by atoms with Crippen molar-refractivity contribution < 1.29 is 8.78 Å². The summed E-state index contributed by atoms with van der Waals surface area (Å²) < 4.78 is 29.9. The minimum absolute atomic E-state index is 0.0698. The number of hydrogen-bond acceptors (Lipinski definition) is 2. The molecule has 1 aromatic carbocycles. The quantitative estimate of drug-likeness (QED) is 0.608. The Kier molecular flexibility index (Phi) is 5.94. The summed E-state index contributed by atoms with van der Waals surface area (Å²) in [7, 11) is 0. The molecule has 1 atom stereocenters. The van der Waals surface area contributed by atoms with E-state index in [0.717, 1.165) is 20.6 Å². The van der Waals surface area contributed by atoms with Gasteiger partial charge in [0.2, 0.25) is 0 Å². The first-order chi connectivity index (χ1) is 9.93. The van der Waals surface area contributed by atoms with E-state index in [-0.39, 0.29) is 5.56 Å². The van der Waals surface area contributed by atoms with Crippen LogP contribution in [-0.2, 0) is 0 Å². The highest BCUT2D eigenvalue weighted by molar-refractivity contribution is 9.10. The van der Waals surface area contributed by atoms with Crippen LogP contribution in [0.3, 0.4) is 0 Å². The molecule has 1 aromatic heterocycles. The predicted molar refractivity (Wildman–Crippen MR) is 91.0 cm³/mol. The van der Waals surface area contributed by atoms with Gasteiger partial charge in [-0.3, -0.25) is 0 Å². The number of benzene rings is 1. The third-order valence-electron chi connectivity index (χ3n) is 3.09. The monoisotopic (exact) mass is 437 g/mol. The van der Waals surface area contributed by atoms with Crippen molar-refractivity contribution in [3.8, 4) is 0 Å². The van der Waals surface area contributed by atoms with Crippen molar-refractivity contribution in [1.82, 2.24) is 5.32 Å². The zero-order valence-electron chi connectivity index (χ0n) is 11.6. The molecule has 2 aromatic rings. The van der Waals surface area contributed by atoms with Gasteiger partial charge in [-0.15, -0.1) is 11.3 Å². The third kappa shape index (κ3) is 3.92. The summed E-state index contributed by atoms with van der Waals surface area (Å²) in [6, 6.07) is 4.05. The van der Waals surface area contributed by atoms with Crippen molar-refractivity contribution in [2.45, 2.75) is 26.3 Å². The number of hydrogen-bond donors (Lipinski definition) is 1. The van der Waals surface area contributed by atoms with Gasteiger partial charge in [0.25, 0.3) is 0 Å². The van der Waals surface area contributed by atoms with Crippen molar-refractivity contribution in [2.24, 2.45) is 0 Å². The Bertz CT molecular complexity index is 600. The van der Waals surface area contributed by atoms with E-state index in [4.69, 9.17) is 0 Å². The predicted octanol–water partition coefficient (Wildman–Crippen LogP) is 5.95. The van der Waals surface area contributed by atoms with Gasteiger partial charge in [-0.1, -0.05) is 22.9 Å². The molecule has 6 heteroatoms. The van der Waals surface area contributed by atoms with Gasteiger partial charge in [0.15, 0.2) is 0 Å². The highest BCUT2D eigenvalue weighted by Gasteiger charge is 2.24. The fourth-order valence-electron chi connectivity index (χ4n) is 2.09. The first-order valence-corrected chi connectivity index (χ1v) is 8.98.